The Bertz CT molecular complexity index is 883. The summed E-state index contributed by atoms with van der Waals surface area (Å²) < 4.78 is 0. The summed E-state index contributed by atoms with van der Waals surface area (Å²) in [7, 11) is 0. The van der Waals surface area contributed by atoms with Gasteiger partial charge in [0.15, 0.2) is 0 Å². The number of hydrogen-bond acceptors (Lipinski definition) is 3. The van der Waals surface area contributed by atoms with Crippen LogP contribution in [0.1, 0.15) is 17.0 Å². The molecular weight excluding hydrogens is 336 g/mol. The zero-order valence-corrected chi connectivity index (χ0v) is 15.4. The number of amides is 1. The number of nitrogens with one attached hydrogen (secondary N) is 3. The Morgan fingerprint density at radius 3 is 2.59 bits per heavy atom. The lowest BCUT2D eigenvalue weighted by molar-refractivity contribution is -0.122. The highest BCUT2D eigenvalue weighted by molar-refractivity contribution is 5.84. The highest BCUT2D eigenvalue weighted by atomic mass is 16.2. The van der Waals surface area contributed by atoms with Gasteiger partial charge in [0.05, 0.1) is 6.54 Å². The van der Waals surface area contributed by atoms with Gasteiger partial charge < -0.3 is 15.6 Å². The van der Waals surface area contributed by atoms with E-state index < -0.39 is 0 Å². The van der Waals surface area contributed by atoms with Gasteiger partial charge in [0, 0.05) is 55.7 Å². The zero-order valence-electron chi connectivity index (χ0n) is 15.4. The van der Waals surface area contributed by atoms with Gasteiger partial charge in [-0.2, -0.15) is 0 Å². The molecule has 2 aromatic carbocycles. The summed E-state index contributed by atoms with van der Waals surface area (Å²) in [6.07, 6.45) is 2.07. The standard InChI is InChI=1S/C22H26N4O/c27-22(16-26-12-10-23-11-13-26)25-14-19(17-6-2-1-3-7-17)20-15-24-21-9-5-4-8-18(20)21/h1-9,15,19,23-24H,10-14,16H2,(H,25,27). The van der Waals surface area contributed by atoms with Gasteiger partial charge in [-0.1, -0.05) is 48.5 Å². The first-order valence-electron chi connectivity index (χ1n) is 9.62. The average molecular weight is 362 g/mol. The van der Waals surface area contributed by atoms with E-state index >= 15 is 0 Å². The normalized spacial score (nSPS) is 16.3. The number of para-hydroxylation sites is 1. The van der Waals surface area contributed by atoms with Gasteiger partial charge in [-0.3, -0.25) is 9.69 Å². The molecular formula is C22H26N4O. The van der Waals surface area contributed by atoms with Gasteiger partial charge in [-0.25, -0.2) is 0 Å². The van der Waals surface area contributed by atoms with Crippen molar-refractivity contribution in [3.8, 4) is 0 Å². The summed E-state index contributed by atoms with van der Waals surface area (Å²) in [5.41, 5.74) is 3.56. The third-order valence-corrected chi connectivity index (χ3v) is 5.28. The molecule has 27 heavy (non-hydrogen) atoms. The van der Waals surface area contributed by atoms with E-state index in [2.05, 4.69) is 69.2 Å². The molecule has 0 radical (unpaired) electrons. The summed E-state index contributed by atoms with van der Waals surface area (Å²) >= 11 is 0. The van der Waals surface area contributed by atoms with Crippen LogP contribution in [0.4, 0.5) is 0 Å². The average Bonchev–Trinajstić information content (AvgIpc) is 3.14. The molecule has 140 valence electrons. The van der Waals surface area contributed by atoms with Crippen LogP contribution >= 0.6 is 0 Å². The first kappa shape index (κ1) is 17.8. The number of aromatic amines is 1. The molecule has 1 saturated heterocycles. The zero-order chi connectivity index (χ0) is 18.5. The summed E-state index contributed by atoms with van der Waals surface area (Å²) in [6, 6.07) is 18.7. The SMILES string of the molecule is O=C(CN1CCNCC1)NCC(c1ccccc1)c1c[nH]c2ccccc12. The fourth-order valence-corrected chi connectivity index (χ4v) is 3.82. The lowest BCUT2D eigenvalue weighted by Crippen LogP contribution is -2.47. The van der Waals surface area contributed by atoms with Crippen molar-refractivity contribution in [1.82, 2.24) is 20.5 Å². The van der Waals surface area contributed by atoms with Crippen LogP contribution in [0.25, 0.3) is 10.9 Å². The Morgan fingerprint density at radius 1 is 1.04 bits per heavy atom. The molecule has 1 amide bonds. The predicted octanol–water partition coefficient (Wildman–Crippen LogP) is 2.32. The van der Waals surface area contributed by atoms with Crippen molar-refractivity contribution in [1.29, 1.82) is 0 Å². The van der Waals surface area contributed by atoms with E-state index in [0.29, 0.717) is 13.1 Å². The smallest absolute Gasteiger partial charge is 0.234 e. The Hall–Kier alpha value is -2.63. The molecule has 3 aromatic rings. The molecule has 1 aliphatic rings. The van der Waals surface area contributed by atoms with Crippen LogP contribution in [0.5, 0.6) is 0 Å². The quantitative estimate of drug-likeness (QED) is 0.631. The third-order valence-electron chi connectivity index (χ3n) is 5.28. The summed E-state index contributed by atoms with van der Waals surface area (Å²) in [4.78, 5) is 18.1. The van der Waals surface area contributed by atoms with E-state index in [9.17, 15) is 4.79 Å². The van der Waals surface area contributed by atoms with E-state index in [1.54, 1.807) is 0 Å². The molecule has 1 aromatic heterocycles. The minimum atomic E-state index is 0.0951. The lowest BCUT2D eigenvalue weighted by atomic mass is 9.91. The summed E-state index contributed by atoms with van der Waals surface area (Å²) in [5.74, 6) is 0.215. The van der Waals surface area contributed by atoms with Gasteiger partial charge >= 0.3 is 0 Å². The highest BCUT2D eigenvalue weighted by Crippen LogP contribution is 2.30. The van der Waals surface area contributed by atoms with Gasteiger partial charge in [0.2, 0.25) is 5.91 Å². The largest absolute Gasteiger partial charge is 0.361 e. The molecule has 4 rings (SSSR count). The number of aromatic nitrogens is 1. The number of rotatable bonds is 6. The number of benzene rings is 2. The molecule has 1 fully saturated rings. The lowest BCUT2D eigenvalue weighted by Gasteiger charge is -2.27. The topological polar surface area (TPSA) is 60.2 Å². The second-order valence-corrected chi connectivity index (χ2v) is 7.08. The summed E-state index contributed by atoms with van der Waals surface area (Å²) in [5, 5.41) is 7.70. The number of nitrogens with zero attached hydrogens (tertiary/aromatic N) is 1. The van der Waals surface area contributed by atoms with Crippen LogP contribution in [0.15, 0.2) is 60.8 Å². The van der Waals surface area contributed by atoms with Crippen LogP contribution in [-0.2, 0) is 4.79 Å². The number of fused-ring (bicyclic) bond motifs is 1. The van der Waals surface area contributed by atoms with Crippen molar-refractivity contribution < 1.29 is 4.79 Å². The fraction of sp³-hybridized carbons (Fsp3) is 0.318. The molecule has 1 atom stereocenters. The maximum absolute atomic E-state index is 12.5. The maximum Gasteiger partial charge on any atom is 0.234 e. The molecule has 2 heterocycles. The maximum atomic E-state index is 12.5. The molecule has 1 aliphatic heterocycles. The molecule has 0 aliphatic carbocycles. The molecule has 1 unspecified atom stereocenters. The number of carbonyl (C=O) groups excluding carboxylic acids is 1. The highest BCUT2D eigenvalue weighted by Gasteiger charge is 2.20. The Labute approximate surface area is 159 Å². The monoisotopic (exact) mass is 362 g/mol. The Kier molecular flexibility index (Phi) is 5.51. The number of piperazine rings is 1. The minimum Gasteiger partial charge on any atom is -0.361 e. The van der Waals surface area contributed by atoms with Crippen LogP contribution < -0.4 is 10.6 Å². The van der Waals surface area contributed by atoms with Crippen molar-refractivity contribution >= 4 is 16.8 Å². The minimum absolute atomic E-state index is 0.0951. The van der Waals surface area contributed by atoms with E-state index in [1.807, 2.05) is 12.1 Å². The number of hydrogen-bond donors (Lipinski definition) is 3. The first-order valence-corrected chi connectivity index (χ1v) is 9.62. The van der Waals surface area contributed by atoms with Crippen LogP contribution in [0.2, 0.25) is 0 Å². The van der Waals surface area contributed by atoms with E-state index in [-0.39, 0.29) is 11.8 Å². The van der Waals surface area contributed by atoms with Crippen molar-refractivity contribution in [3.63, 3.8) is 0 Å². The van der Waals surface area contributed by atoms with Crippen LogP contribution in [0, 0.1) is 0 Å². The van der Waals surface area contributed by atoms with Crippen molar-refractivity contribution in [2.45, 2.75) is 5.92 Å². The van der Waals surface area contributed by atoms with Crippen molar-refractivity contribution in [3.05, 3.63) is 71.9 Å². The van der Waals surface area contributed by atoms with Gasteiger partial charge in [-0.15, -0.1) is 0 Å². The number of carbonyl (C=O) groups is 1. The Morgan fingerprint density at radius 2 is 1.78 bits per heavy atom. The fourth-order valence-electron chi connectivity index (χ4n) is 3.82. The van der Waals surface area contributed by atoms with Crippen LogP contribution in [-0.4, -0.2) is 55.1 Å². The van der Waals surface area contributed by atoms with Gasteiger partial charge in [0.25, 0.3) is 0 Å². The van der Waals surface area contributed by atoms with E-state index in [4.69, 9.17) is 0 Å². The molecule has 0 saturated carbocycles. The molecule has 0 spiro atoms. The molecule has 5 nitrogen and oxygen atoms in total. The Balaban J connectivity index is 1.51. The second-order valence-electron chi connectivity index (χ2n) is 7.08. The molecule has 5 heteroatoms. The first-order chi connectivity index (χ1) is 13.3. The summed E-state index contributed by atoms with van der Waals surface area (Å²) in [6.45, 7) is 4.83. The van der Waals surface area contributed by atoms with Crippen LogP contribution in [0.3, 0.4) is 0 Å². The van der Waals surface area contributed by atoms with Gasteiger partial charge in [-0.05, 0) is 17.2 Å². The van der Waals surface area contributed by atoms with Crippen molar-refractivity contribution in [2.75, 3.05) is 39.3 Å². The molecule has 0 bridgehead atoms. The van der Waals surface area contributed by atoms with E-state index in [0.717, 1.165) is 31.7 Å². The molecule has 3 N–H and O–H groups in total. The van der Waals surface area contributed by atoms with Gasteiger partial charge in [0.1, 0.15) is 0 Å². The van der Waals surface area contributed by atoms with Crippen molar-refractivity contribution in [2.24, 2.45) is 0 Å². The van der Waals surface area contributed by atoms with E-state index in [1.165, 1.54) is 16.5 Å². The number of H-pyrrole nitrogens is 1. The third kappa shape index (κ3) is 4.21. The predicted molar refractivity (Wildman–Crippen MR) is 109 cm³/mol. The second kappa shape index (κ2) is 8.37.